The summed E-state index contributed by atoms with van der Waals surface area (Å²) in [6.07, 6.45) is 3.78. The van der Waals surface area contributed by atoms with Gasteiger partial charge in [0.1, 0.15) is 24.4 Å². The van der Waals surface area contributed by atoms with Gasteiger partial charge in [0, 0.05) is 6.61 Å². The number of aliphatic hydroxyl groups is 6. The molecule has 8 nitrogen and oxygen atoms in total. The summed E-state index contributed by atoms with van der Waals surface area (Å²) >= 11 is 0. The fourth-order valence-electron chi connectivity index (χ4n) is 13.2. The van der Waals surface area contributed by atoms with E-state index < -0.39 is 42.9 Å². The minimum Gasteiger partial charge on any atom is -0.396 e. The van der Waals surface area contributed by atoms with Gasteiger partial charge in [-0.25, -0.2) is 0 Å². The van der Waals surface area contributed by atoms with Crippen LogP contribution >= 0.6 is 0 Å². The van der Waals surface area contributed by atoms with Crippen molar-refractivity contribution in [1.82, 2.24) is 0 Å². The highest BCUT2D eigenvalue weighted by Crippen LogP contribution is 2.77. The van der Waals surface area contributed by atoms with Crippen molar-refractivity contribution in [2.24, 2.45) is 56.7 Å². The van der Waals surface area contributed by atoms with Gasteiger partial charge in [-0.15, -0.1) is 0 Å². The zero-order chi connectivity index (χ0) is 32.3. The number of ether oxygens (including phenoxy) is 2. The van der Waals surface area contributed by atoms with Crippen molar-refractivity contribution in [3.8, 4) is 0 Å². The Bertz CT molecular complexity index is 1080. The van der Waals surface area contributed by atoms with Crippen LogP contribution in [0, 0.1) is 56.7 Å². The molecule has 0 aromatic rings. The molecule has 254 valence electrons. The molecule has 16 atom stereocenters. The van der Waals surface area contributed by atoms with E-state index in [-0.39, 0.29) is 45.7 Å². The predicted octanol–water partition coefficient (Wildman–Crippen LogP) is 4.02. The minimum absolute atomic E-state index is 0.0715. The Morgan fingerprint density at radius 2 is 1.41 bits per heavy atom. The van der Waals surface area contributed by atoms with Crippen molar-refractivity contribution in [2.75, 3.05) is 13.2 Å². The molecular formula is C36H62O8. The van der Waals surface area contributed by atoms with E-state index in [2.05, 4.69) is 41.5 Å². The third-order valence-electron chi connectivity index (χ3n) is 16.3. The molecule has 5 saturated carbocycles. The van der Waals surface area contributed by atoms with Crippen molar-refractivity contribution in [1.29, 1.82) is 0 Å². The lowest BCUT2D eigenvalue weighted by Crippen LogP contribution is -2.69. The van der Waals surface area contributed by atoms with Crippen LogP contribution in [0.4, 0.5) is 0 Å². The molecule has 6 rings (SSSR count). The predicted molar refractivity (Wildman–Crippen MR) is 166 cm³/mol. The zero-order valence-corrected chi connectivity index (χ0v) is 28.3. The molecule has 5 aliphatic carbocycles. The van der Waals surface area contributed by atoms with E-state index in [1.807, 2.05) is 6.92 Å². The van der Waals surface area contributed by atoms with Crippen molar-refractivity contribution in [3.63, 3.8) is 0 Å². The van der Waals surface area contributed by atoms with Crippen LogP contribution in [0.25, 0.3) is 0 Å². The van der Waals surface area contributed by atoms with E-state index in [4.69, 9.17) is 9.47 Å². The van der Waals surface area contributed by atoms with Gasteiger partial charge in [-0.3, -0.25) is 0 Å². The van der Waals surface area contributed by atoms with Crippen LogP contribution in [0.2, 0.25) is 0 Å². The Kier molecular flexibility index (Phi) is 8.28. The van der Waals surface area contributed by atoms with Crippen LogP contribution in [-0.2, 0) is 9.47 Å². The highest BCUT2D eigenvalue weighted by Gasteiger charge is 2.71. The molecule has 0 spiro atoms. The molecule has 6 N–H and O–H groups in total. The summed E-state index contributed by atoms with van der Waals surface area (Å²) in [6.45, 7) is 16.3. The summed E-state index contributed by atoms with van der Waals surface area (Å²) in [4.78, 5) is 0. The Hall–Kier alpha value is -0.320. The zero-order valence-electron chi connectivity index (χ0n) is 28.3. The van der Waals surface area contributed by atoms with Crippen molar-refractivity contribution in [3.05, 3.63) is 0 Å². The smallest absolute Gasteiger partial charge is 0.186 e. The molecule has 6 aliphatic rings. The molecule has 16 unspecified atom stereocenters. The fraction of sp³-hybridized carbons (Fsp3) is 1.00. The van der Waals surface area contributed by atoms with Crippen LogP contribution in [0.3, 0.4) is 0 Å². The summed E-state index contributed by atoms with van der Waals surface area (Å²) in [5, 5.41) is 63.4. The third kappa shape index (κ3) is 4.44. The quantitative estimate of drug-likeness (QED) is 0.259. The molecule has 8 heteroatoms. The Labute approximate surface area is 264 Å². The standard InChI is InChI=1S/C36H62O8/c1-20-26-21-8-9-24-32(4)12-11-25(44-30-29(41)28(40)27(39)22(18-37)43-30)31(2,3)23(32)10-13-34(24,6)33(21,5)14-16-36(26,19-38)17-15-35(20,7)42/h20-30,37-42H,8-19H2,1-7H3. The van der Waals surface area contributed by atoms with Gasteiger partial charge < -0.3 is 40.1 Å². The van der Waals surface area contributed by atoms with Gasteiger partial charge in [-0.05, 0) is 128 Å². The average Bonchev–Trinajstić information content (AvgIpc) is 2.97. The van der Waals surface area contributed by atoms with E-state index in [1.165, 1.54) is 6.42 Å². The second-order valence-corrected chi connectivity index (χ2v) is 18.0. The molecule has 0 aromatic carbocycles. The molecule has 1 saturated heterocycles. The molecule has 6 fully saturated rings. The topological polar surface area (TPSA) is 140 Å². The lowest BCUT2D eigenvalue weighted by molar-refractivity contribution is -0.332. The number of hydrogen-bond acceptors (Lipinski definition) is 8. The molecule has 0 aromatic heterocycles. The fourth-order valence-corrected chi connectivity index (χ4v) is 13.2. The van der Waals surface area contributed by atoms with E-state index >= 15 is 0 Å². The number of aliphatic hydroxyl groups excluding tert-OH is 5. The lowest BCUT2D eigenvalue weighted by Gasteiger charge is -2.74. The van der Waals surface area contributed by atoms with Crippen molar-refractivity contribution < 1.29 is 40.1 Å². The van der Waals surface area contributed by atoms with Crippen LogP contribution in [0.15, 0.2) is 0 Å². The monoisotopic (exact) mass is 622 g/mol. The largest absolute Gasteiger partial charge is 0.396 e. The molecule has 1 heterocycles. The van der Waals surface area contributed by atoms with Gasteiger partial charge >= 0.3 is 0 Å². The molecular weight excluding hydrogens is 560 g/mol. The van der Waals surface area contributed by atoms with Gasteiger partial charge in [-0.1, -0.05) is 41.5 Å². The van der Waals surface area contributed by atoms with E-state index in [0.29, 0.717) is 23.7 Å². The van der Waals surface area contributed by atoms with E-state index in [9.17, 15) is 30.6 Å². The van der Waals surface area contributed by atoms with Crippen molar-refractivity contribution >= 4 is 0 Å². The third-order valence-corrected chi connectivity index (χ3v) is 16.3. The molecule has 0 bridgehead atoms. The van der Waals surface area contributed by atoms with Gasteiger partial charge in [0.25, 0.3) is 0 Å². The van der Waals surface area contributed by atoms with Gasteiger partial charge in [-0.2, -0.15) is 0 Å². The number of hydrogen-bond donors (Lipinski definition) is 6. The molecule has 0 amide bonds. The average molecular weight is 623 g/mol. The summed E-state index contributed by atoms with van der Waals surface area (Å²) < 4.78 is 12.3. The second-order valence-electron chi connectivity index (χ2n) is 18.0. The summed E-state index contributed by atoms with van der Waals surface area (Å²) in [5.74, 6) is 1.95. The Morgan fingerprint density at radius 1 is 0.727 bits per heavy atom. The molecule has 0 radical (unpaired) electrons. The summed E-state index contributed by atoms with van der Waals surface area (Å²) in [6, 6.07) is 0. The van der Waals surface area contributed by atoms with E-state index in [0.717, 1.165) is 57.8 Å². The maximum absolute atomic E-state index is 11.5. The Balaban J connectivity index is 1.26. The molecule has 1 aliphatic heterocycles. The maximum Gasteiger partial charge on any atom is 0.186 e. The number of fused-ring (bicyclic) bond motifs is 7. The van der Waals surface area contributed by atoms with Gasteiger partial charge in [0.2, 0.25) is 0 Å². The first kappa shape index (κ1) is 33.6. The second kappa shape index (κ2) is 10.8. The van der Waals surface area contributed by atoms with E-state index in [1.54, 1.807) is 0 Å². The first-order chi connectivity index (χ1) is 20.4. The highest BCUT2D eigenvalue weighted by molar-refractivity contribution is 5.20. The summed E-state index contributed by atoms with van der Waals surface area (Å²) in [7, 11) is 0. The molecule has 44 heavy (non-hydrogen) atoms. The van der Waals surface area contributed by atoms with Crippen molar-refractivity contribution in [2.45, 2.75) is 155 Å². The Morgan fingerprint density at radius 3 is 2.07 bits per heavy atom. The first-order valence-corrected chi connectivity index (χ1v) is 17.7. The SMILES string of the molecule is CC1C2C3CCC4C5(C)CCC(OC6OC(CO)C(O)C(O)C6O)C(C)(C)C5CCC4(C)C3(C)CCC2(CO)CCC1(C)O. The van der Waals surface area contributed by atoms with Crippen LogP contribution in [0.5, 0.6) is 0 Å². The van der Waals surface area contributed by atoms with Gasteiger partial charge in [0.05, 0.1) is 18.3 Å². The number of rotatable bonds is 4. The van der Waals surface area contributed by atoms with Gasteiger partial charge in [0.15, 0.2) is 6.29 Å². The highest BCUT2D eigenvalue weighted by atomic mass is 16.7. The van der Waals surface area contributed by atoms with Crippen LogP contribution in [-0.4, -0.2) is 86.3 Å². The van der Waals surface area contributed by atoms with Crippen LogP contribution < -0.4 is 0 Å². The minimum atomic E-state index is -1.44. The van der Waals surface area contributed by atoms with Crippen LogP contribution in [0.1, 0.15) is 113 Å². The lowest BCUT2D eigenvalue weighted by atomic mass is 9.31. The first-order valence-electron chi connectivity index (χ1n) is 17.7. The maximum atomic E-state index is 11.5. The normalized spacial score (nSPS) is 58.7. The summed E-state index contributed by atoms with van der Waals surface area (Å²) in [5.41, 5.74) is -0.547.